The Hall–Kier alpha value is -3.85. The molecule has 0 bridgehead atoms. The minimum Gasteiger partial charge on any atom is -0.401 e. The van der Waals surface area contributed by atoms with Crippen molar-refractivity contribution in [3.8, 4) is 11.6 Å². The van der Waals surface area contributed by atoms with Crippen LogP contribution < -0.4 is 4.90 Å². The Balaban J connectivity index is 1.51. The Labute approximate surface area is 196 Å². The van der Waals surface area contributed by atoms with Gasteiger partial charge in [-0.3, -0.25) is 14.4 Å². The zero-order valence-corrected chi connectivity index (χ0v) is 19.5. The highest BCUT2D eigenvalue weighted by atomic mass is 79.9. The lowest BCUT2D eigenvalue weighted by molar-refractivity contribution is 0.0917. The fourth-order valence-corrected chi connectivity index (χ4v) is 4.51. The van der Waals surface area contributed by atoms with E-state index in [1.807, 2.05) is 6.07 Å². The van der Waals surface area contributed by atoms with Crippen LogP contribution in [-0.2, 0) is 0 Å². The second kappa shape index (κ2) is 7.63. The molecule has 1 N–H and O–H groups in total. The standard InChI is InChI=1S/C24H17BrN4O4/c1-11-6-4-9-16-17(11)23(32)29(22(16)31)24-28-27-21(33-24)19-12(2)18(13(3)26-19)20(30)14-7-5-8-15(25)10-14/h4-10,26H,1-3H3. The topological polar surface area (TPSA) is 109 Å². The van der Waals surface area contributed by atoms with E-state index in [9.17, 15) is 14.4 Å². The summed E-state index contributed by atoms with van der Waals surface area (Å²) in [6.45, 7) is 5.33. The van der Waals surface area contributed by atoms with Crippen LogP contribution in [0.3, 0.4) is 0 Å². The number of aryl methyl sites for hydroxylation is 2. The van der Waals surface area contributed by atoms with E-state index in [-0.39, 0.29) is 17.7 Å². The van der Waals surface area contributed by atoms with Gasteiger partial charge in [0.05, 0.1) is 11.1 Å². The number of benzene rings is 2. The lowest BCUT2D eigenvalue weighted by Gasteiger charge is -2.07. The number of hydrogen-bond acceptors (Lipinski definition) is 6. The fraction of sp³-hybridized carbons (Fsp3) is 0.125. The predicted molar refractivity (Wildman–Crippen MR) is 123 cm³/mol. The first kappa shape index (κ1) is 21.0. The molecule has 1 aliphatic heterocycles. The highest BCUT2D eigenvalue weighted by molar-refractivity contribution is 9.10. The molecule has 4 aromatic rings. The molecule has 3 heterocycles. The molecule has 2 aromatic carbocycles. The maximum absolute atomic E-state index is 13.1. The van der Waals surface area contributed by atoms with E-state index in [2.05, 4.69) is 31.1 Å². The molecule has 0 atom stereocenters. The molecule has 8 nitrogen and oxygen atoms in total. The first-order valence-electron chi connectivity index (χ1n) is 10.1. The number of rotatable bonds is 4. The second-order valence-corrected chi connectivity index (χ2v) is 8.71. The number of nitrogens with zero attached hydrogens (tertiary/aromatic N) is 3. The number of imide groups is 1. The van der Waals surface area contributed by atoms with Crippen LogP contribution in [-0.4, -0.2) is 32.8 Å². The Bertz CT molecular complexity index is 1480. The molecule has 9 heteroatoms. The summed E-state index contributed by atoms with van der Waals surface area (Å²) in [6.07, 6.45) is 0. The molecule has 33 heavy (non-hydrogen) atoms. The largest absolute Gasteiger partial charge is 0.401 e. The molecular formula is C24H17BrN4O4. The lowest BCUT2D eigenvalue weighted by atomic mass is 10.00. The molecule has 164 valence electrons. The van der Waals surface area contributed by atoms with E-state index in [0.29, 0.717) is 44.8 Å². The van der Waals surface area contributed by atoms with Gasteiger partial charge in [0.1, 0.15) is 5.69 Å². The average Bonchev–Trinajstić information content (AvgIpc) is 3.43. The number of aromatic amines is 1. The maximum atomic E-state index is 13.1. The minimum absolute atomic E-state index is 0.0761. The van der Waals surface area contributed by atoms with Crippen LogP contribution in [0.5, 0.6) is 0 Å². The quantitative estimate of drug-likeness (QED) is 0.316. The number of fused-ring (bicyclic) bond motifs is 1. The maximum Gasteiger partial charge on any atom is 0.333 e. The molecule has 0 radical (unpaired) electrons. The monoisotopic (exact) mass is 504 g/mol. The molecule has 0 spiro atoms. The van der Waals surface area contributed by atoms with Crippen LogP contribution >= 0.6 is 15.9 Å². The van der Waals surface area contributed by atoms with Gasteiger partial charge in [-0.1, -0.05) is 45.3 Å². The predicted octanol–water partition coefficient (Wildman–Crippen LogP) is 4.78. The molecule has 2 amide bonds. The van der Waals surface area contributed by atoms with Gasteiger partial charge in [-0.15, -0.1) is 5.10 Å². The van der Waals surface area contributed by atoms with Gasteiger partial charge in [0.2, 0.25) is 0 Å². The minimum atomic E-state index is -0.515. The van der Waals surface area contributed by atoms with Gasteiger partial charge in [0.15, 0.2) is 5.78 Å². The van der Waals surface area contributed by atoms with Crippen molar-refractivity contribution in [1.29, 1.82) is 0 Å². The van der Waals surface area contributed by atoms with E-state index < -0.39 is 11.8 Å². The van der Waals surface area contributed by atoms with Crippen molar-refractivity contribution in [1.82, 2.24) is 15.2 Å². The lowest BCUT2D eigenvalue weighted by Crippen LogP contribution is -2.29. The number of aromatic nitrogens is 3. The summed E-state index contributed by atoms with van der Waals surface area (Å²) in [7, 11) is 0. The fourth-order valence-electron chi connectivity index (χ4n) is 4.11. The highest BCUT2D eigenvalue weighted by Crippen LogP contribution is 2.33. The van der Waals surface area contributed by atoms with Crippen molar-refractivity contribution in [2.45, 2.75) is 20.8 Å². The molecule has 1 aliphatic rings. The second-order valence-electron chi connectivity index (χ2n) is 7.80. The molecule has 2 aromatic heterocycles. The number of anilines is 1. The van der Waals surface area contributed by atoms with Crippen molar-refractivity contribution in [3.63, 3.8) is 0 Å². The van der Waals surface area contributed by atoms with Crippen LogP contribution in [0.4, 0.5) is 6.01 Å². The first-order valence-corrected chi connectivity index (χ1v) is 10.9. The van der Waals surface area contributed by atoms with Crippen LogP contribution in [0.15, 0.2) is 51.4 Å². The summed E-state index contributed by atoms with van der Waals surface area (Å²) in [5, 5.41) is 7.97. The van der Waals surface area contributed by atoms with Gasteiger partial charge in [0.25, 0.3) is 17.7 Å². The van der Waals surface area contributed by atoms with Crippen molar-refractivity contribution < 1.29 is 18.8 Å². The van der Waals surface area contributed by atoms with Crippen molar-refractivity contribution in [3.05, 3.63) is 86.0 Å². The first-order chi connectivity index (χ1) is 15.8. The Morgan fingerprint density at radius 1 is 1.03 bits per heavy atom. The van der Waals surface area contributed by atoms with Gasteiger partial charge in [-0.05, 0) is 50.1 Å². The number of carbonyl (C=O) groups is 3. The average molecular weight is 505 g/mol. The zero-order chi connectivity index (χ0) is 23.4. The number of H-pyrrole nitrogens is 1. The molecule has 0 unspecified atom stereocenters. The third kappa shape index (κ3) is 3.23. The van der Waals surface area contributed by atoms with Gasteiger partial charge in [-0.2, -0.15) is 4.90 Å². The third-order valence-electron chi connectivity index (χ3n) is 5.69. The van der Waals surface area contributed by atoms with E-state index in [1.54, 1.807) is 57.2 Å². The molecule has 0 aliphatic carbocycles. The highest BCUT2D eigenvalue weighted by Gasteiger charge is 2.41. The molecule has 0 fully saturated rings. The van der Waals surface area contributed by atoms with Crippen LogP contribution in [0.1, 0.15) is 53.5 Å². The number of nitrogens with one attached hydrogen (secondary N) is 1. The normalized spacial score (nSPS) is 13.0. The molecule has 5 rings (SSSR count). The summed E-state index contributed by atoms with van der Waals surface area (Å²) in [6, 6.07) is 12.0. The van der Waals surface area contributed by atoms with Crippen molar-refractivity contribution in [2.24, 2.45) is 0 Å². The van der Waals surface area contributed by atoms with Gasteiger partial charge in [-0.25, -0.2) is 0 Å². The van der Waals surface area contributed by atoms with E-state index in [4.69, 9.17) is 4.42 Å². The number of halogens is 1. The number of ketones is 1. The van der Waals surface area contributed by atoms with Crippen molar-refractivity contribution in [2.75, 3.05) is 4.90 Å². The van der Waals surface area contributed by atoms with Gasteiger partial charge in [0, 0.05) is 21.3 Å². The summed E-state index contributed by atoms with van der Waals surface area (Å²) in [4.78, 5) is 42.9. The smallest absolute Gasteiger partial charge is 0.333 e. The Kier molecular flexibility index (Phi) is 4.86. The number of carbonyl (C=O) groups excluding carboxylic acids is 3. The Morgan fingerprint density at radius 3 is 2.52 bits per heavy atom. The van der Waals surface area contributed by atoms with E-state index >= 15 is 0 Å². The van der Waals surface area contributed by atoms with Gasteiger partial charge >= 0.3 is 6.01 Å². The van der Waals surface area contributed by atoms with E-state index in [1.165, 1.54) is 0 Å². The molecular weight excluding hydrogens is 488 g/mol. The summed E-state index contributed by atoms with van der Waals surface area (Å²) in [5.41, 5.74) is 4.09. The summed E-state index contributed by atoms with van der Waals surface area (Å²) in [5.74, 6) is -1.09. The van der Waals surface area contributed by atoms with Crippen molar-refractivity contribution >= 4 is 39.5 Å². The SMILES string of the molecule is Cc1cccc2c1C(=O)N(c1nnc(-c3[nH]c(C)c(C(=O)c4cccc(Br)c4)c3C)o1)C2=O. The van der Waals surface area contributed by atoms with E-state index in [0.717, 1.165) is 9.37 Å². The number of amides is 2. The number of hydrogen-bond donors (Lipinski definition) is 1. The molecule has 0 saturated heterocycles. The summed E-state index contributed by atoms with van der Waals surface area (Å²) >= 11 is 3.39. The van der Waals surface area contributed by atoms with Crippen LogP contribution in [0.2, 0.25) is 0 Å². The Morgan fingerprint density at radius 2 is 1.79 bits per heavy atom. The van der Waals surface area contributed by atoms with Crippen LogP contribution in [0.25, 0.3) is 11.6 Å². The third-order valence-corrected chi connectivity index (χ3v) is 6.19. The molecule has 0 saturated carbocycles. The van der Waals surface area contributed by atoms with Crippen LogP contribution in [0, 0.1) is 20.8 Å². The zero-order valence-electron chi connectivity index (χ0n) is 17.9. The van der Waals surface area contributed by atoms with Gasteiger partial charge < -0.3 is 9.40 Å². The summed E-state index contributed by atoms with van der Waals surface area (Å²) < 4.78 is 6.53.